The summed E-state index contributed by atoms with van der Waals surface area (Å²) in [7, 11) is 0. The zero-order valence-electron chi connectivity index (χ0n) is 48.2. The van der Waals surface area contributed by atoms with Gasteiger partial charge in [-0.05, 0) is 70.2 Å². The first kappa shape index (κ1) is 62.9. The number of hydrogen-bond donors (Lipinski definition) is 3. The van der Waals surface area contributed by atoms with Crippen LogP contribution in [0.5, 0.6) is 0 Å². The van der Waals surface area contributed by atoms with Gasteiger partial charge in [-0.1, -0.05) is 69.3 Å². The number of alkyl carbamates (subject to hydrolysis) is 1. The second kappa shape index (κ2) is 30.4. The van der Waals surface area contributed by atoms with Crippen molar-refractivity contribution in [1.29, 1.82) is 0 Å². The van der Waals surface area contributed by atoms with Crippen molar-refractivity contribution < 1.29 is 38.2 Å². The quantitative estimate of drug-likeness (QED) is 0.0258. The van der Waals surface area contributed by atoms with Crippen LogP contribution in [-0.2, 0) is 35.1 Å². The van der Waals surface area contributed by atoms with E-state index in [0.29, 0.717) is 45.3 Å². The van der Waals surface area contributed by atoms with E-state index in [1.54, 1.807) is 45.1 Å². The van der Waals surface area contributed by atoms with Crippen LogP contribution in [0.1, 0.15) is 196 Å². The Bertz CT molecular complexity index is 2190. The molecular formula is C62H96N4O8Sn. The summed E-state index contributed by atoms with van der Waals surface area (Å²) in [4.78, 5) is 68.7. The van der Waals surface area contributed by atoms with Crippen molar-refractivity contribution >= 4 is 51.9 Å². The molecule has 12 nitrogen and oxygen atoms in total. The third kappa shape index (κ3) is 21.4. The molecule has 0 aliphatic heterocycles. The van der Waals surface area contributed by atoms with E-state index in [2.05, 4.69) is 106 Å². The summed E-state index contributed by atoms with van der Waals surface area (Å²) in [5.41, 5.74) is 4.03. The minimum absolute atomic E-state index is 0.0148. The third-order valence-corrected chi connectivity index (χ3v) is 30.0. The van der Waals surface area contributed by atoms with Gasteiger partial charge in [-0.15, -0.1) is 0 Å². The number of unbranched alkanes of at least 4 members (excludes halogenated alkanes) is 5. The van der Waals surface area contributed by atoms with E-state index >= 15 is 0 Å². The Morgan fingerprint density at radius 1 is 0.627 bits per heavy atom. The van der Waals surface area contributed by atoms with Crippen LogP contribution in [0.25, 0.3) is 11.1 Å². The Hall–Kier alpha value is -4.59. The first-order chi connectivity index (χ1) is 35.5. The number of rotatable bonds is 30. The number of amides is 4. The van der Waals surface area contributed by atoms with E-state index in [0.717, 1.165) is 18.4 Å². The number of nitrogens with zero attached hydrogens (tertiary/aromatic N) is 1. The fourth-order valence-corrected chi connectivity index (χ4v) is 26.2. The van der Waals surface area contributed by atoms with E-state index in [-0.39, 0.29) is 42.7 Å². The Labute approximate surface area is 456 Å². The maximum atomic E-state index is 14.2. The molecule has 75 heavy (non-hydrogen) atoms. The maximum absolute atomic E-state index is 14.2. The molecule has 1 aliphatic carbocycles. The Morgan fingerprint density at radius 3 is 1.72 bits per heavy atom. The zero-order valence-corrected chi connectivity index (χ0v) is 51.1. The third-order valence-electron chi connectivity index (χ3n) is 14.3. The fourth-order valence-electron chi connectivity index (χ4n) is 10.2. The monoisotopic (exact) mass is 1140 g/mol. The molecule has 0 heterocycles. The first-order valence-corrected chi connectivity index (χ1v) is 35.9. The van der Waals surface area contributed by atoms with Crippen molar-refractivity contribution in [3.63, 3.8) is 0 Å². The van der Waals surface area contributed by atoms with Crippen LogP contribution in [0, 0.1) is 5.41 Å². The molecule has 0 fully saturated rings. The van der Waals surface area contributed by atoms with Crippen molar-refractivity contribution in [1.82, 2.24) is 20.9 Å². The predicted octanol–water partition coefficient (Wildman–Crippen LogP) is 13.5. The van der Waals surface area contributed by atoms with Gasteiger partial charge in [-0.3, -0.25) is 4.79 Å². The second-order valence-electron chi connectivity index (χ2n) is 24.1. The number of carbonyl (C=O) groups excluding carboxylic acids is 5. The summed E-state index contributed by atoms with van der Waals surface area (Å²) in [5, 5.41) is 8.84. The van der Waals surface area contributed by atoms with Gasteiger partial charge in [-0.2, -0.15) is 0 Å². The minimum atomic E-state index is -2.65. The summed E-state index contributed by atoms with van der Waals surface area (Å²) in [6, 6.07) is 24.1. The molecule has 416 valence electrons. The van der Waals surface area contributed by atoms with Crippen LogP contribution in [0.15, 0.2) is 72.8 Å². The fraction of sp³-hybridized carbons (Fsp3) is 0.629. The Kier molecular flexibility index (Phi) is 25.5. The molecule has 0 saturated heterocycles. The molecule has 0 saturated carbocycles. The van der Waals surface area contributed by atoms with Gasteiger partial charge in [0.25, 0.3) is 0 Å². The average Bonchev–Trinajstić information content (AvgIpc) is 3.66. The molecule has 3 N–H and O–H groups in total. The average molecular weight is 1140 g/mol. The molecule has 4 amide bonds. The van der Waals surface area contributed by atoms with Gasteiger partial charge in [-0.25, -0.2) is 14.4 Å². The van der Waals surface area contributed by atoms with Gasteiger partial charge >= 0.3 is 244 Å². The van der Waals surface area contributed by atoms with Gasteiger partial charge in [0.05, 0.1) is 0 Å². The van der Waals surface area contributed by atoms with Gasteiger partial charge in [0.15, 0.2) is 0 Å². The number of ether oxygens (including phenoxy) is 3. The van der Waals surface area contributed by atoms with Crippen molar-refractivity contribution in [2.75, 3.05) is 19.7 Å². The van der Waals surface area contributed by atoms with E-state index in [4.69, 9.17) is 14.2 Å². The summed E-state index contributed by atoms with van der Waals surface area (Å²) in [6.07, 6.45) is 10.8. The van der Waals surface area contributed by atoms with Gasteiger partial charge in [0, 0.05) is 12.3 Å². The molecule has 0 unspecified atom stereocenters. The molecule has 4 rings (SSSR count). The van der Waals surface area contributed by atoms with Gasteiger partial charge in [0.2, 0.25) is 0 Å². The topological polar surface area (TPSA) is 152 Å². The van der Waals surface area contributed by atoms with Crippen molar-refractivity contribution in [2.24, 2.45) is 5.41 Å². The van der Waals surface area contributed by atoms with Crippen molar-refractivity contribution in [3.05, 3.63) is 89.5 Å². The van der Waals surface area contributed by atoms with Crippen LogP contribution in [0.4, 0.5) is 9.59 Å². The van der Waals surface area contributed by atoms with E-state index < -0.39 is 59.7 Å². The Morgan fingerprint density at radius 2 is 1.19 bits per heavy atom. The number of urea groups is 1. The number of nitrogens with one attached hydrogen (secondary N) is 3. The molecule has 1 aliphatic rings. The van der Waals surface area contributed by atoms with Crippen molar-refractivity contribution in [2.45, 2.75) is 222 Å². The number of fused-ring (bicyclic) bond motifs is 3. The second-order valence-corrected chi connectivity index (χ2v) is 37.3. The molecule has 0 bridgehead atoms. The molecule has 0 aromatic heterocycles. The van der Waals surface area contributed by atoms with Crippen LogP contribution in [-0.4, -0.2) is 96.2 Å². The summed E-state index contributed by atoms with van der Waals surface area (Å²) in [6.45, 7) is 25.5. The molecular weight excluding hydrogens is 1050 g/mol. The number of esters is 2. The molecule has 2 atom stereocenters. The van der Waals surface area contributed by atoms with Crippen molar-refractivity contribution in [3.8, 4) is 11.1 Å². The van der Waals surface area contributed by atoms with Crippen LogP contribution in [0.3, 0.4) is 0 Å². The normalized spacial score (nSPS) is 13.5. The van der Waals surface area contributed by atoms with Gasteiger partial charge in [0.1, 0.15) is 23.9 Å². The molecule has 0 radical (unpaired) electrons. The number of carbonyl (C=O) groups is 5. The summed E-state index contributed by atoms with van der Waals surface area (Å²) >= 11 is -2.65. The molecule has 0 spiro atoms. The van der Waals surface area contributed by atoms with E-state index in [1.165, 1.54) is 74.1 Å². The van der Waals surface area contributed by atoms with Crippen LogP contribution >= 0.6 is 0 Å². The molecule has 3 aromatic carbocycles. The number of hydrogen-bond acceptors (Lipinski definition) is 8. The number of benzene rings is 3. The summed E-state index contributed by atoms with van der Waals surface area (Å²) < 4.78 is 22.7. The summed E-state index contributed by atoms with van der Waals surface area (Å²) in [5.74, 6) is -1.02. The SMILES string of the molecule is CCC[CH2][Sn]([CH2]CCC)([CH2]CCC)[c]1ccc(CN(CCCC[C@H](NC(=O)N[C@@H](CCC(=O)OC(C)(C)C)C(=O)OC(C)(C)C)C(C)(C)C)C(=O)CCCCNC(=O)OCC2c3ccccc3-c3ccccc32)cc1. The standard InChI is InChI=1S/C50H69N4O8.3C4H9.Sn/c1-48(2,3)42(53-46(58)52-41(45(57)62-50(7,8)9)29-30-44(56)61-49(4,5)6)27-18-20-32-54(33-35-21-11-10-12-22-35)43(55)28-17-19-31-51-47(59)60-34-40-38-25-15-13-23-36(38)37-24-14-16-26-39(37)40;3*1-3-4-2;/h11-16,21-26,40-42H,17-20,27-34H2,1-9H3,(H,51,59)(H2,52,53,58);3*1,3-4H2,2H3;/t41-,42-;;;;/m0..../s1. The van der Waals surface area contributed by atoms with E-state index in [1.807, 2.05) is 29.2 Å². The van der Waals surface area contributed by atoms with E-state index in [9.17, 15) is 24.0 Å². The van der Waals surface area contributed by atoms with Crippen LogP contribution in [0.2, 0.25) is 13.3 Å². The predicted molar refractivity (Wildman–Crippen MR) is 307 cm³/mol. The molecule has 13 heteroatoms. The van der Waals surface area contributed by atoms with Gasteiger partial charge < -0.3 is 19.5 Å². The van der Waals surface area contributed by atoms with Crippen LogP contribution < -0.4 is 19.5 Å². The first-order valence-electron chi connectivity index (χ1n) is 28.5. The zero-order chi connectivity index (χ0) is 55.2. The molecule has 3 aromatic rings. The Balaban J connectivity index is 1.41.